The molecule has 6 heterocycles. The molecule has 80 heavy (non-hydrogen) atoms. The van der Waals surface area contributed by atoms with Crippen molar-refractivity contribution < 1.29 is 38.7 Å². The number of benzene rings is 4. The molecule has 1 saturated carbocycles. The van der Waals surface area contributed by atoms with Crippen molar-refractivity contribution in [2.24, 2.45) is 5.92 Å². The van der Waals surface area contributed by atoms with Crippen LogP contribution >= 0.6 is 0 Å². The van der Waals surface area contributed by atoms with Gasteiger partial charge < -0.3 is 50.8 Å². The number of rotatable bonds is 19. The second-order valence-corrected chi connectivity index (χ2v) is 22.1. The molecule has 8 N–H and O–H groups in total. The lowest BCUT2D eigenvalue weighted by Crippen LogP contribution is -2.48. The monoisotopic (exact) mass is 1090 g/mol. The van der Waals surface area contributed by atoms with E-state index >= 15 is 4.39 Å². The van der Waals surface area contributed by atoms with E-state index in [4.69, 9.17) is 35.3 Å². The maximum Gasteiger partial charge on any atom is 0.319 e. The summed E-state index contributed by atoms with van der Waals surface area (Å²) in [6.07, 6.45) is 12.0. The first-order chi connectivity index (χ1) is 38.7. The Kier molecular flexibility index (Phi) is 15.2. The van der Waals surface area contributed by atoms with Crippen LogP contribution in [0.5, 0.6) is 11.8 Å². The summed E-state index contributed by atoms with van der Waals surface area (Å²) < 4.78 is 36.5. The minimum absolute atomic E-state index is 0.105. The molecule has 19 heteroatoms. The summed E-state index contributed by atoms with van der Waals surface area (Å²) in [5, 5.41) is 36.4. The molecule has 5 atom stereocenters. The van der Waals surface area contributed by atoms with Crippen LogP contribution in [0.25, 0.3) is 44.7 Å². The number of carbonyl (C=O) groups is 2. The molecule has 0 unspecified atom stereocenters. The molecule has 2 amide bonds. The first kappa shape index (κ1) is 53.8. The molecule has 2 aromatic heterocycles. The van der Waals surface area contributed by atoms with Gasteiger partial charge >= 0.3 is 6.01 Å². The summed E-state index contributed by atoms with van der Waals surface area (Å²) in [4.78, 5) is 42.7. The highest BCUT2D eigenvalue weighted by molar-refractivity contribution is 6.05. The van der Waals surface area contributed by atoms with Crippen LogP contribution < -0.4 is 41.5 Å². The van der Waals surface area contributed by atoms with Gasteiger partial charge in [-0.05, 0) is 105 Å². The molecule has 0 spiro atoms. The van der Waals surface area contributed by atoms with E-state index in [2.05, 4.69) is 49.4 Å². The summed E-state index contributed by atoms with van der Waals surface area (Å²) in [6, 6.07) is 18.1. The lowest BCUT2D eigenvalue weighted by atomic mass is 9.87. The molecule has 4 aliphatic heterocycles. The van der Waals surface area contributed by atoms with E-state index in [1.807, 2.05) is 76.2 Å². The summed E-state index contributed by atoms with van der Waals surface area (Å²) in [7, 11) is 1.63. The number of ether oxygens (including phenoxy) is 3. The molecule has 6 aromatic rings. The van der Waals surface area contributed by atoms with Crippen LogP contribution in [0.1, 0.15) is 105 Å². The number of nitrogens with two attached hydrogens (primary N) is 2. The first-order valence-corrected chi connectivity index (χ1v) is 27.7. The summed E-state index contributed by atoms with van der Waals surface area (Å²) in [6.45, 7) is 12.6. The van der Waals surface area contributed by atoms with E-state index in [0.717, 1.165) is 89.9 Å². The van der Waals surface area contributed by atoms with Gasteiger partial charge in [-0.2, -0.15) is 9.97 Å². The van der Waals surface area contributed by atoms with E-state index in [1.54, 1.807) is 29.8 Å². The Hall–Kier alpha value is -8.16. The van der Waals surface area contributed by atoms with Crippen molar-refractivity contribution in [2.45, 2.75) is 110 Å². The molecule has 5 aliphatic rings. The van der Waals surface area contributed by atoms with Crippen molar-refractivity contribution >= 4 is 51.8 Å². The number of dihydropyridines is 1. The number of nitrogen functional groups attached to an aromatic ring is 1. The van der Waals surface area contributed by atoms with Gasteiger partial charge in [0.15, 0.2) is 12.0 Å². The van der Waals surface area contributed by atoms with Gasteiger partial charge in [0.2, 0.25) is 11.8 Å². The number of hydrogen-bond acceptors (Lipinski definition) is 14. The lowest BCUT2D eigenvalue weighted by Gasteiger charge is -2.30. The Labute approximate surface area is 464 Å². The molecule has 4 fully saturated rings. The number of aliphatic hydroxyl groups is 1. The molecule has 2 bridgehead atoms. The highest BCUT2D eigenvalue weighted by Gasteiger charge is 2.42. The third-order valence-electron chi connectivity index (χ3n) is 16.3. The number of likely N-dealkylation sites (tertiary alicyclic amines) is 1. The number of piperazine rings is 1. The number of nitrogens with one attached hydrogen (secondary N) is 3. The zero-order valence-corrected chi connectivity index (χ0v) is 46.1. The topological polar surface area (TPSA) is 233 Å². The van der Waals surface area contributed by atoms with Crippen LogP contribution in [0.3, 0.4) is 0 Å². The number of aromatic nitrogens is 5. The SMILES string of the molecule is CO[C@@H](C)COc1nc(N2C[C@@H]3C[C@H]2CN3)c2cc(C3CC3)c(-c3c(C)c(F)cc(N)c3C=[NH2+])c(OCc3ccc(-c4cn([C@H](C(=O)N5CCC[C@H]5C(=O)N/C(=C/O)c5ccc(C6=C(C)C=CCN6)cc5)C(C)C)nn4)cc3)c2n1. The fourth-order valence-electron chi connectivity index (χ4n) is 11.8. The smallest absolute Gasteiger partial charge is 0.319 e. The Balaban J connectivity index is 0.863. The van der Waals surface area contributed by atoms with E-state index < -0.39 is 17.9 Å². The van der Waals surface area contributed by atoms with Crippen LogP contribution in [0, 0.1) is 18.7 Å². The highest BCUT2D eigenvalue weighted by Crippen LogP contribution is 2.53. The largest absolute Gasteiger partial charge is 0.513 e. The van der Waals surface area contributed by atoms with E-state index in [-0.39, 0.29) is 66.4 Å². The Bertz CT molecular complexity index is 3460. The zero-order chi connectivity index (χ0) is 55.9. The molecule has 4 aromatic carbocycles. The number of allylic oxidation sites excluding steroid dienone is 2. The van der Waals surface area contributed by atoms with Crippen molar-refractivity contribution in [1.29, 1.82) is 0 Å². The molecule has 11 rings (SSSR count). The molecule has 0 radical (unpaired) electrons. The zero-order valence-electron chi connectivity index (χ0n) is 46.1. The number of hydrogen-bond donors (Lipinski definition) is 6. The van der Waals surface area contributed by atoms with Crippen molar-refractivity contribution in [2.75, 3.05) is 50.5 Å². The Morgan fingerprint density at radius 1 is 1.01 bits per heavy atom. The Morgan fingerprint density at radius 3 is 2.46 bits per heavy atom. The molecule has 416 valence electrons. The Morgan fingerprint density at radius 2 is 1.79 bits per heavy atom. The fraction of sp³-hybridized carbons (Fsp3) is 0.393. The third-order valence-corrected chi connectivity index (χ3v) is 16.3. The fourth-order valence-corrected chi connectivity index (χ4v) is 11.8. The number of anilines is 2. The average Bonchev–Trinajstić information content (AvgIpc) is 3.52. The second kappa shape index (κ2) is 22.5. The first-order valence-electron chi connectivity index (χ1n) is 27.7. The summed E-state index contributed by atoms with van der Waals surface area (Å²) >= 11 is 0. The van der Waals surface area contributed by atoms with E-state index in [0.29, 0.717) is 70.2 Å². The van der Waals surface area contributed by atoms with E-state index in [1.165, 1.54) is 12.3 Å². The van der Waals surface area contributed by atoms with Crippen molar-refractivity contribution in [3.8, 4) is 34.1 Å². The quantitative estimate of drug-likeness (QED) is 0.0274. The minimum atomic E-state index is -0.753. The maximum atomic E-state index is 16.0. The number of fused-ring (bicyclic) bond motifs is 3. The molecule has 18 nitrogen and oxygen atoms in total. The third kappa shape index (κ3) is 10.5. The molecular weight excluding hydrogens is 1020 g/mol. The molecule has 3 saturated heterocycles. The van der Waals surface area contributed by atoms with Gasteiger partial charge in [0.25, 0.3) is 0 Å². The number of halogens is 1. The number of nitrogens with zero attached hydrogens (tertiary/aromatic N) is 7. The van der Waals surface area contributed by atoms with Crippen LogP contribution in [0.15, 0.2) is 90.8 Å². The van der Waals surface area contributed by atoms with Gasteiger partial charge in [-0.15, -0.1) is 5.10 Å². The number of aliphatic hydroxyl groups excluding tert-OH is 1. The van der Waals surface area contributed by atoms with Crippen molar-refractivity contribution in [3.05, 3.63) is 130 Å². The van der Waals surface area contributed by atoms with Gasteiger partial charge in [-0.1, -0.05) is 79.7 Å². The van der Waals surface area contributed by atoms with Crippen LogP contribution in [-0.4, -0.2) is 117 Å². The van der Waals surface area contributed by atoms with Crippen molar-refractivity contribution in [3.63, 3.8) is 0 Å². The van der Waals surface area contributed by atoms with Crippen LogP contribution in [0.4, 0.5) is 15.9 Å². The predicted molar refractivity (Wildman–Crippen MR) is 306 cm³/mol. The number of amides is 2. The van der Waals surface area contributed by atoms with Gasteiger partial charge in [-0.25, -0.2) is 9.07 Å². The maximum absolute atomic E-state index is 16.0. The van der Waals surface area contributed by atoms with Gasteiger partial charge in [-0.3, -0.25) is 15.0 Å². The standard InChI is InChI=1S/C61H69FN12O6/c1-33(2)56(60(77)72-22-8-10-51(72)59(76)67-50(30-75)40-17-19-41(20-18-40)54-34(3)9-7-21-65-54)74-29-49(70-71-74)39-13-11-37(12-14-39)32-79-57-53(52-36(5)47(62)25-48(64)46(52)26-63)44(38-15-16-38)24-45-55(57)68-61(80-31-35(4)78-6)69-58(45)73-28-42-23-43(73)27-66-42/h7,9,11-14,17-20,24-26,29-30,33,35,38,42-43,51,56,63,65-66,75H,8,10,15-16,21-23,27-28,31-32,64H2,1-6H3,(H,67,76)/p+1/b50-30+,63-26?/t35-,42-,43-,51-,56-/m0/s1. The van der Waals surface area contributed by atoms with Crippen molar-refractivity contribution in [1.82, 2.24) is 45.8 Å². The van der Waals surface area contributed by atoms with Gasteiger partial charge in [0, 0.05) is 84.4 Å². The summed E-state index contributed by atoms with van der Waals surface area (Å²) in [5.41, 5.74) is 16.5. The summed E-state index contributed by atoms with van der Waals surface area (Å²) in [5.74, 6) is 0.0890. The minimum Gasteiger partial charge on any atom is -0.513 e. The molecular formula is C61H70FN12O6+. The predicted octanol–water partition coefficient (Wildman–Crippen LogP) is 6.93. The molecule has 1 aliphatic carbocycles. The van der Waals surface area contributed by atoms with Gasteiger partial charge in [0.1, 0.15) is 54.4 Å². The van der Waals surface area contributed by atoms with Crippen LogP contribution in [0.2, 0.25) is 0 Å². The van der Waals surface area contributed by atoms with Crippen LogP contribution in [-0.2, 0) is 20.9 Å². The average molecular weight is 1090 g/mol. The number of methoxy groups -OCH3 is 1. The second-order valence-electron chi connectivity index (χ2n) is 22.1. The number of carbonyl (C=O) groups excluding carboxylic acids is 2. The van der Waals surface area contributed by atoms with Gasteiger partial charge in [0.05, 0.1) is 23.6 Å². The normalized spacial score (nSPS) is 19.7. The lowest BCUT2D eigenvalue weighted by molar-refractivity contribution is -0.142. The van der Waals surface area contributed by atoms with E-state index in [9.17, 15) is 14.7 Å². The highest BCUT2D eigenvalue weighted by atomic mass is 19.1.